The van der Waals surface area contributed by atoms with Crippen LogP contribution >= 0.6 is 0 Å². The third kappa shape index (κ3) is 3.55. The lowest BCUT2D eigenvalue weighted by atomic mass is 10.2. The Balaban J connectivity index is 1.77. The molecule has 0 saturated carbocycles. The number of hydrogen-bond donors (Lipinski definition) is 0. The molecule has 7 heteroatoms. The fourth-order valence-electron chi connectivity index (χ4n) is 2.48. The van der Waals surface area contributed by atoms with Gasteiger partial charge in [-0.15, -0.1) is 0 Å². The molecule has 0 spiro atoms. The predicted octanol–water partition coefficient (Wildman–Crippen LogP) is 2.33. The number of aromatic nitrogens is 2. The van der Waals surface area contributed by atoms with E-state index in [2.05, 4.69) is 4.98 Å². The van der Waals surface area contributed by atoms with E-state index >= 15 is 0 Å². The molecule has 0 unspecified atom stereocenters. The molecule has 1 aromatic heterocycles. The van der Waals surface area contributed by atoms with Crippen molar-refractivity contribution in [3.8, 4) is 0 Å². The highest BCUT2D eigenvalue weighted by Gasteiger charge is 2.14. The summed E-state index contributed by atoms with van der Waals surface area (Å²) >= 11 is 0. The smallest absolute Gasteiger partial charge is 0.261 e. The van der Waals surface area contributed by atoms with Gasteiger partial charge in [-0.2, -0.15) is 0 Å². The summed E-state index contributed by atoms with van der Waals surface area (Å²) in [6.07, 6.45) is 1.31. The Labute approximate surface area is 142 Å². The number of fused-ring (bicyclic) bond motifs is 1. The number of para-hydroxylation sites is 1. The van der Waals surface area contributed by atoms with Crippen LogP contribution < -0.4 is 5.56 Å². The second kappa shape index (κ2) is 6.80. The molecular weight excluding hydrogens is 328 g/mol. The largest absolute Gasteiger partial charge is 0.340 e. The summed E-state index contributed by atoms with van der Waals surface area (Å²) in [5, 5.41) is 0.421. The van der Waals surface area contributed by atoms with E-state index in [1.807, 2.05) is 0 Å². The first kappa shape index (κ1) is 16.8. The number of halogens is 2. The van der Waals surface area contributed by atoms with E-state index in [1.54, 1.807) is 24.3 Å². The SMILES string of the molecule is CN(Cc1ccc(F)cc1F)C(=O)Cn1cnc2ccccc2c1=O. The van der Waals surface area contributed by atoms with Crippen molar-refractivity contribution in [2.24, 2.45) is 0 Å². The highest BCUT2D eigenvalue weighted by atomic mass is 19.1. The standard InChI is InChI=1S/C18H15F2N3O2/c1-22(9-12-6-7-13(19)8-15(12)20)17(24)10-23-11-21-16-5-3-2-4-14(16)18(23)25/h2-8,11H,9-10H2,1H3. The predicted molar refractivity (Wildman–Crippen MR) is 88.8 cm³/mol. The maximum atomic E-state index is 13.7. The van der Waals surface area contributed by atoms with Gasteiger partial charge in [0.2, 0.25) is 5.91 Å². The van der Waals surface area contributed by atoms with Crippen molar-refractivity contribution in [3.05, 3.63) is 76.3 Å². The molecule has 1 heterocycles. The van der Waals surface area contributed by atoms with Crippen LogP contribution in [-0.4, -0.2) is 27.4 Å². The van der Waals surface area contributed by atoms with Crippen LogP contribution in [0.4, 0.5) is 8.78 Å². The molecule has 5 nitrogen and oxygen atoms in total. The Kier molecular flexibility index (Phi) is 4.56. The quantitative estimate of drug-likeness (QED) is 0.731. The monoisotopic (exact) mass is 343 g/mol. The molecule has 0 aliphatic rings. The van der Waals surface area contributed by atoms with E-state index in [9.17, 15) is 18.4 Å². The van der Waals surface area contributed by atoms with Crippen molar-refractivity contribution < 1.29 is 13.6 Å². The number of likely N-dealkylation sites (N-methyl/N-ethyl adjacent to an activating group) is 1. The zero-order valence-electron chi connectivity index (χ0n) is 13.4. The second-order valence-electron chi connectivity index (χ2n) is 5.68. The Morgan fingerprint density at radius 2 is 1.96 bits per heavy atom. The van der Waals surface area contributed by atoms with E-state index in [4.69, 9.17) is 0 Å². The molecule has 0 radical (unpaired) electrons. The molecule has 2 aromatic carbocycles. The van der Waals surface area contributed by atoms with Crippen LogP contribution in [0.5, 0.6) is 0 Å². The van der Waals surface area contributed by atoms with Gasteiger partial charge in [0.25, 0.3) is 5.56 Å². The highest BCUT2D eigenvalue weighted by molar-refractivity contribution is 5.78. The third-order valence-electron chi connectivity index (χ3n) is 3.89. The molecule has 25 heavy (non-hydrogen) atoms. The molecule has 128 valence electrons. The van der Waals surface area contributed by atoms with E-state index in [-0.39, 0.29) is 30.1 Å². The molecule has 3 rings (SSSR count). The van der Waals surface area contributed by atoms with Crippen molar-refractivity contribution in [1.82, 2.24) is 14.5 Å². The van der Waals surface area contributed by atoms with Gasteiger partial charge in [-0.1, -0.05) is 18.2 Å². The lowest BCUT2D eigenvalue weighted by Crippen LogP contribution is -2.34. The summed E-state index contributed by atoms with van der Waals surface area (Å²) in [6.45, 7) is -0.239. The maximum Gasteiger partial charge on any atom is 0.261 e. The Hall–Kier alpha value is -3.09. The number of rotatable bonds is 4. The molecule has 0 aliphatic carbocycles. The average molecular weight is 343 g/mol. The van der Waals surface area contributed by atoms with Gasteiger partial charge in [0.1, 0.15) is 18.2 Å². The fourth-order valence-corrected chi connectivity index (χ4v) is 2.48. The van der Waals surface area contributed by atoms with Gasteiger partial charge in [-0.3, -0.25) is 14.2 Å². The third-order valence-corrected chi connectivity index (χ3v) is 3.89. The van der Waals surface area contributed by atoms with E-state index in [1.165, 1.54) is 28.9 Å². The van der Waals surface area contributed by atoms with Gasteiger partial charge in [0.15, 0.2) is 0 Å². The fraction of sp³-hybridized carbons (Fsp3) is 0.167. The van der Waals surface area contributed by atoms with Crippen LogP contribution in [0, 0.1) is 11.6 Å². The molecular formula is C18H15F2N3O2. The number of amides is 1. The lowest BCUT2D eigenvalue weighted by molar-refractivity contribution is -0.131. The van der Waals surface area contributed by atoms with Crippen molar-refractivity contribution in [2.45, 2.75) is 13.1 Å². The first-order chi connectivity index (χ1) is 12.0. The molecule has 0 atom stereocenters. The van der Waals surface area contributed by atoms with Crippen LogP contribution in [-0.2, 0) is 17.9 Å². The zero-order valence-corrected chi connectivity index (χ0v) is 13.4. The number of carbonyl (C=O) groups is 1. The summed E-state index contributed by atoms with van der Waals surface area (Å²) in [7, 11) is 1.49. The Morgan fingerprint density at radius 3 is 2.72 bits per heavy atom. The van der Waals surface area contributed by atoms with Gasteiger partial charge in [-0.25, -0.2) is 13.8 Å². The van der Waals surface area contributed by atoms with Gasteiger partial charge in [0.05, 0.1) is 17.2 Å². The molecule has 0 bridgehead atoms. The van der Waals surface area contributed by atoms with Gasteiger partial charge in [-0.05, 0) is 18.2 Å². The minimum Gasteiger partial charge on any atom is -0.340 e. The summed E-state index contributed by atoms with van der Waals surface area (Å²) < 4.78 is 27.8. The molecule has 0 fully saturated rings. The minimum atomic E-state index is -0.718. The molecule has 0 aliphatic heterocycles. The molecule has 0 saturated heterocycles. The van der Waals surface area contributed by atoms with Crippen molar-refractivity contribution in [2.75, 3.05) is 7.05 Å². The highest BCUT2D eigenvalue weighted by Crippen LogP contribution is 2.12. The zero-order chi connectivity index (χ0) is 18.0. The topological polar surface area (TPSA) is 55.2 Å². The molecule has 3 aromatic rings. The number of benzene rings is 2. The van der Waals surface area contributed by atoms with E-state index in [0.717, 1.165) is 12.1 Å². The summed E-state index contributed by atoms with van der Waals surface area (Å²) in [5.74, 6) is -1.78. The molecule has 0 N–H and O–H groups in total. The second-order valence-corrected chi connectivity index (χ2v) is 5.68. The van der Waals surface area contributed by atoms with E-state index in [0.29, 0.717) is 10.9 Å². The van der Waals surface area contributed by atoms with Crippen molar-refractivity contribution >= 4 is 16.8 Å². The van der Waals surface area contributed by atoms with Crippen LogP contribution in [0.1, 0.15) is 5.56 Å². The van der Waals surface area contributed by atoms with Crippen LogP contribution in [0.25, 0.3) is 10.9 Å². The summed E-state index contributed by atoms with van der Waals surface area (Å²) in [6, 6.07) is 10.0. The molecule has 1 amide bonds. The van der Waals surface area contributed by atoms with Crippen molar-refractivity contribution in [1.29, 1.82) is 0 Å². The normalized spacial score (nSPS) is 10.8. The average Bonchev–Trinajstić information content (AvgIpc) is 2.60. The van der Waals surface area contributed by atoms with Gasteiger partial charge in [0, 0.05) is 25.2 Å². The maximum absolute atomic E-state index is 13.7. The van der Waals surface area contributed by atoms with Crippen molar-refractivity contribution in [3.63, 3.8) is 0 Å². The lowest BCUT2D eigenvalue weighted by Gasteiger charge is -2.18. The minimum absolute atomic E-state index is 0.0271. The number of carbonyl (C=O) groups excluding carboxylic acids is 1. The van der Waals surface area contributed by atoms with Crippen LogP contribution in [0.15, 0.2) is 53.6 Å². The summed E-state index contributed by atoms with van der Waals surface area (Å²) in [5.41, 5.74) is 0.430. The van der Waals surface area contributed by atoms with Gasteiger partial charge >= 0.3 is 0 Å². The van der Waals surface area contributed by atoms with E-state index < -0.39 is 11.6 Å². The number of hydrogen-bond acceptors (Lipinski definition) is 3. The first-order valence-corrected chi connectivity index (χ1v) is 7.58. The number of nitrogens with zero attached hydrogens (tertiary/aromatic N) is 3. The Bertz CT molecular complexity index is 1000. The van der Waals surface area contributed by atoms with Gasteiger partial charge < -0.3 is 4.90 Å². The summed E-state index contributed by atoms with van der Waals surface area (Å²) in [4.78, 5) is 30.1. The Morgan fingerprint density at radius 1 is 1.20 bits per heavy atom. The van der Waals surface area contributed by atoms with Crippen LogP contribution in [0.3, 0.4) is 0 Å². The van der Waals surface area contributed by atoms with Crippen LogP contribution in [0.2, 0.25) is 0 Å². The first-order valence-electron chi connectivity index (χ1n) is 7.58.